The van der Waals surface area contributed by atoms with Crippen LogP contribution in [-0.2, 0) is 12.6 Å². The lowest BCUT2D eigenvalue weighted by molar-refractivity contribution is -0.137. The number of piperidine rings is 1. The highest BCUT2D eigenvalue weighted by Crippen LogP contribution is 2.39. The Kier molecular flexibility index (Phi) is 5.63. The molecule has 150 valence electrons. The summed E-state index contributed by atoms with van der Waals surface area (Å²) in [5.74, 6) is 0.841. The van der Waals surface area contributed by atoms with Crippen molar-refractivity contribution in [1.29, 1.82) is 0 Å². The van der Waals surface area contributed by atoms with E-state index in [1.165, 1.54) is 42.5 Å². The number of nitrogens with zero attached hydrogens (tertiary/aromatic N) is 1. The van der Waals surface area contributed by atoms with Crippen molar-refractivity contribution in [3.8, 4) is 5.75 Å². The molecule has 2 aliphatic rings. The number of hydrogen-bond donors (Lipinski definition) is 0. The van der Waals surface area contributed by atoms with Gasteiger partial charge in [-0.2, -0.15) is 13.2 Å². The second-order valence-electron chi connectivity index (χ2n) is 7.92. The molecular formula is C23H26F3NO. The maximum atomic E-state index is 12.9. The number of benzene rings is 2. The first-order chi connectivity index (χ1) is 13.5. The Hall–Kier alpha value is -2.01. The van der Waals surface area contributed by atoms with Crippen LogP contribution in [0.15, 0.2) is 48.5 Å². The number of likely N-dealkylation sites (tertiary alicyclic amines) is 1. The van der Waals surface area contributed by atoms with Crippen LogP contribution < -0.4 is 4.74 Å². The molecule has 0 spiro atoms. The minimum atomic E-state index is -4.33. The highest BCUT2D eigenvalue weighted by atomic mass is 19.4. The van der Waals surface area contributed by atoms with Crippen LogP contribution in [0, 0.1) is 5.92 Å². The molecule has 0 saturated carbocycles. The van der Waals surface area contributed by atoms with Gasteiger partial charge in [0.2, 0.25) is 0 Å². The van der Waals surface area contributed by atoms with Gasteiger partial charge in [-0.15, -0.1) is 0 Å². The summed E-state index contributed by atoms with van der Waals surface area (Å²) in [5.41, 5.74) is 1.82. The van der Waals surface area contributed by atoms with Gasteiger partial charge < -0.3 is 9.64 Å². The van der Waals surface area contributed by atoms with E-state index in [2.05, 4.69) is 17.0 Å². The number of aryl methyl sites for hydroxylation is 1. The Morgan fingerprint density at radius 1 is 0.929 bits per heavy atom. The quantitative estimate of drug-likeness (QED) is 0.648. The minimum Gasteiger partial charge on any atom is -0.485 e. The number of alkyl halides is 3. The van der Waals surface area contributed by atoms with Crippen molar-refractivity contribution in [2.45, 2.75) is 44.4 Å². The average molecular weight is 389 g/mol. The molecule has 1 fully saturated rings. The van der Waals surface area contributed by atoms with E-state index in [4.69, 9.17) is 4.74 Å². The van der Waals surface area contributed by atoms with Crippen molar-refractivity contribution in [1.82, 2.24) is 4.90 Å². The van der Waals surface area contributed by atoms with Gasteiger partial charge in [-0.25, -0.2) is 0 Å². The van der Waals surface area contributed by atoms with Crippen molar-refractivity contribution in [2.75, 3.05) is 19.6 Å². The lowest BCUT2D eigenvalue weighted by atomic mass is 9.80. The summed E-state index contributed by atoms with van der Waals surface area (Å²) in [4.78, 5) is 2.52. The monoisotopic (exact) mass is 389 g/mol. The Morgan fingerprint density at radius 2 is 1.64 bits per heavy atom. The van der Waals surface area contributed by atoms with E-state index in [-0.39, 0.29) is 6.10 Å². The van der Waals surface area contributed by atoms with Gasteiger partial charge in [-0.05, 0) is 74.2 Å². The second kappa shape index (κ2) is 8.16. The SMILES string of the molecule is FC(F)(F)c1ccc(O[C@H]2c3ccccc3CC[C@@H]2CN2CCCCC2)cc1. The predicted octanol–water partition coefficient (Wildman–Crippen LogP) is 5.87. The fourth-order valence-corrected chi connectivity index (χ4v) is 4.48. The molecular weight excluding hydrogens is 363 g/mol. The molecule has 0 N–H and O–H groups in total. The summed E-state index contributed by atoms with van der Waals surface area (Å²) in [6.45, 7) is 3.25. The molecule has 1 aliphatic carbocycles. The Morgan fingerprint density at radius 3 is 2.36 bits per heavy atom. The summed E-state index contributed by atoms with van der Waals surface area (Å²) >= 11 is 0. The molecule has 5 heteroatoms. The Bertz CT molecular complexity index is 781. The van der Waals surface area contributed by atoms with E-state index in [1.54, 1.807) is 0 Å². The highest BCUT2D eigenvalue weighted by molar-refractivity contribution is 5.35. The number of hydrogen-bond acceptors (Lipinski definition) is 2. The van der Waals surface area contributed by atoms with E-state index < -0.39 is 11.7 Å². The van der Waals surface area contributed by atoms with Gasteiger partial charge >= 0.3 is 6.18 Å². The molecule has 0 bridgehead atoms. The third kappa shape index (κ3) is 4.35. The summed E-state index contributed by atoms with van der Waals surface area (Å²) < 4.78 is 44.9. The molecule has 0 amide bonds. The van der Waals surface area contributed by atoms with Crippen LogP contribution in [0.1, 0.15) is 48.5 Å². The van der Waals surface area contributed by atoms with Gasteiger partial charge in [-0.3, -0.25) is 0 Å². The fraction of sp³-hybridized carbons (Fsp3) is 0.478. The van der Waals surface area contributed by atoms with E-state index in [9.17, 15) is 13.2 Å². The highest BCUT2D eigenvalue weighted by Gasteiger charge is 2.33. The molecule has 1 saturated heterocycles. The lowest BCUT2D eigenvalue weighted by Crippen LogP contribution is -2.39. The first-order valence-corrected chi connectivity index (χ1v) is 10.1. The molecule has 28 heavy (non-hydrogen) atoms. The molecule has 2 atom stereocenters. The van der Waals surface area contributed by atoms with Crippen LogP contribution in [0.5, 0.6) is 5.75 Å². The molecule has 1 aliphatic heterocycles. The predicted molar refractivity (Wildman–Crippen MR) is 103 cm³/mol. The second-order valence-corrected chi connectivity index (χ2v) is 7.92. The fourth-order valence-electron chi connectivity index (χ4n) is 4.48. The van der Waals surface area contributed by atoms with E-state index in [1.807, 2.05) is 12.1 Å². The number of ether oxygens (including phenoxy) is 1. The third-order valence-electron chi connectivity index (χ3n) is 5.96. The van der Waals surface area contributed by atoms with Crippen molar-refractivity contribution in [3.63, 3.8) is 0 Å². The van der Waals surface area contributed by atoms with E-state index in [0.717, 1.165) is 44.6 Å². The molecule has 2 aromatic rings. The van der Waals surface area contributed by atoms with Gasteiger partial charge in [0, 0.05) is 12.5 Å². The number of halogens is 3. The molecule has 0 unspecified atom stereocenters. The van der Waals surface area contributed by atoms with E-state index >= 15 is 0 Å². The zero-order chi connectivity index (χ0) is 19.6. The van der Waals surface area contributed by atoms with Crippen molar-refractivity contribution in [2.24, 2.45) is 5.92 Å². The van der Waals surface area contributed by atoms with Crippen LogP contribution >= 0.6 is 0 Å². The zero-order valence-corrected chi connectivity index (χ0v) is 15.9. The summed E-state index contributed by atoms with van der Waals surface area (Å²) in [6, 6.07) is 13.4. The van der Waals surface area contributed by atoms with Crippen LogP contribution in [-0.4, -0.2) is 24.5 Å². The summed E-state index contributed by atoms with van der Waals surface area (Å²) in [5, 5.41) is 0. The normalized spacial score (nSPS) is 23.2. The molecule has 0 radical (unpaired) electrons. The van der Waals surface area contributed by atoms with Crippen LogP contribution in [0.3, 0.4) is 0 Å². The molecule has 2 nitrogen and oxygen atoms in total. The molecule has 0 aromatic heterocycles. The standard InChI is InChI=1S/C23H26F3NO/c24-23(25,26)19-10-12-20(13-11-19)28-22-18(16-27-14-4-1-5-15-27)9-8-17-6-2-3-7-21(17)22/h2-3,6-7,10-13,18,22H,1,4-5,8-9,14-16H2/t18-,22-/m1/s1. The van der Waals surface area contributed by atoms with Crippen molar-refractivity contribution < 1.29 is 17.9 Å². The van der Waals surface area contributed by atoms with Gasteiger partial charge in [-0.1, -0.05) is 30.7 Å². The van der Waals surface area contributed by atoms with Gasteiger partial charge in [0.1, 0.15) is 11.9 Å². The summed E-state index contributed by atoms with van der Waals surface area (Å²) in [6.07, 6.45) is 1.41. The Balaban J connectivity index is 1.56. The van der Waals surface area contributed by atoms with E-state index in [0.29, 0.717) is 11.7 Å². The van der Waals surface area contributed by atoms with Gasteiger partial charge in [0.05, 0.1) is 5.56 Å². The topological polar surface area (TPSA) is 12.5 Å². The summed E-state index contributed by atoms with van der Waals surface area (Å²) in [7, 11) is 0. The average Bonchev–Trinajstić information content (AvgIpc) is 2.70. The smallest absolute Gasteiger partial charge is 0.416 e. The third-order valence-corrected chi connectivity index (χ3v) is 5.96. The minimum absolute atomic E-state index is 0.122. The first kappa shape index (κ1) is 19.3. The zero-order valence-electron chi connectivity index (χ0n) is 15.9. The van der Waals surface area contributed by atoms with Crippen molar-refractivity contribution >= 4 is 0 Å². The maximum Gasteiger partial charge on any atom is 0.416 e. The lowest BCUT2D eigenvalue weighted by Gasteiger charge is -2.38. The van der Waals surface area contributed by atoms with Gasteiger partial charge in [0.15, 0.2) is 0 Å². The first-order valence-electron chi connectivity index (χ1n) is 10.1. The number of rotatable bonds is 4. The molecule has 4 rings (SSSR count). The largest absolute Gasteiger partial charge is 0.485 e. The van der Waals surface area contributed by atoms with Gasteiger partial charge in [0.25, 0.3) is 0 Å². The molecule has 1 heterocycles. The van der Waals surface area contributed by atoms with Crippen LogP contribution in [0.2, 0.25) is 0 Å². The maximum absolute atomic E-state index is 12.9. The van der Waals surface area contributed by atoms with Crippen LogP contribution in [0.25, 0.3) is 0 Å². The molecule has 2 aromatic carbocycles. The van der Waals surface area contributed by atoms with Crippen molar-refractivity contribution in [3.05, 3.63) is 65.2 Å². The van der Waals surface area contributed by atoms with Crippen LogP contribution in [0.4, 0.5) is 13.2 Å². The number of fused-ring (bicyclic) bond motifs is 1. The Labute approximate surface area is 164 Å².